The van der Waals surface area contributed by atoms with Gasteiger partial charge in [-0.05, 0) is 69.7 Å². The molecule has 9 nitrogen and oxygen atoms in total. The molecule has 2 aromatic heterocycles. The number of nitrogens with zero attached hydrogens (tertiary/aromatic N) is 5. The largest absolute Gasteiger partial charge is 0.495 e. The van der Waals surface area contributed by atoms with Crippen molar-refractivity contribution in [2.75, 3.05) is 33.3 Å². The van der Waals surface area contributed by atoms with Gasteiger partial charge in [0.2, 0.25) is 10.0 Å². The number of hydrogen-bond acceptors (Lipinski definition) is 6. The summed E-state index contributed by atoms with van der Waals surface area (Å²) < 4.78 is 36.0. The summed E-state index contributed by atoms with van der Waals surface area (Å²) in [6, 6.07) is 6.98. The van der Waals surface area contributed by atoms with Crippen LogP contribution >= 0.6 is 0 Å². The van der Waals surface area contributed by atoms with Crippen molar-refractivity contribution >= 4 is 21.6 Å². The molecule has 2 fully saturated rings. The molecule has 192 valence electrons. The van der Waals surface area contributed by atoms with Gasteiger partial charge in [0.05, 0.1) is 12.7 Å². The van der Waals surface area contributed by atoms with Crippen LogP contribution < -0.4 is 4.74 Å². The van der Waals surface area contributed by atoms with Crippen molar-refractivity contribution < 1.29 is 17.9 Å². The van der Waals surface area contributed by atoms with Gasteiger partial charge in [0.15, 0.2) is 11.3 Å². The number of carbonyl (C=O) groups is 1. The molecule has 0 saturated carbocycles. The number of benzene rings is 1. The molecule has 0 unspecified atom stereocenters. The highest BCUT2D eigenvalue weighted by Gasteiger charge is 2.32. The van der Waals surface area contributed by atoms with Crippen LogP contribution in [0.15, 0.2) is 29.2 Å². The molecular formula is C26H33N5O4S. The molecule has 0 atom stereocenters. The lowest BCUT2D eigenvalue weighted by Gasteiger charge is -2.27. The number of aryl methyl sites for hydroxylation is 2. The van der Waals surface area contributed by atoms with Crippen LogP contribution in [0.4, 0.5) is 0 Å². The fraction of sp³-hybridized carbons (Fsp3) is 0.500. The van der Waals surface area contributed by atoms with Crippen LogP contribution in [0, 0.1) is 13.8 Å². The Morgan fingerprint density at radius 1 is 0.944 bits per heavy atom. The number of rotatable bonds is 5. The van der Waals surface area contributed by atoms with Crippen molar-refractivity contribution in [3.8, 4) is 16.9 Å². The van der Waals surface area contributed by atoms with Gasteiger partial charge in [-0.2, -0.15) is 9.40 Å². The summed E-state index contributed by atoms with van der Waals surface area (Å²) in [5.74, 6) is 0.133. The Morgan fingerprint density at radius 2 is 1.61 bits per heavy atom. The minimum Gasteiger partial charge on any atom is -0.495 e. The molecule has 10 heteroatoms. The maximum absolute atomic E-state index is 13.7. The summed E-state index contributed by atoms with van der Waals surface area (Å²) in [5, 5.41) is 4.70. The SMILES string of the molecule is COc1ccc(-c2c(C(=O)N3CCCCC3)nn3c(C)cc(C)nc23)cc1S(=O)(=O)N1CCCCC1. The maximum Gasteiger partial charge on any atom is 0.275 e. The van der Waals surface area contributed by atoms with E-state index in [2.05, 4.69) is 0 Å². The van der Waals surface area contributed by atoms with Gasteiger partial charge in [-0.25, -0.2) is 17.9 Å². The average Bonchev–Trinajstić information content (AvgIpc) is 3.28. The van der Waals surface area contributed by atoms with E-state index in [1.165, 1.54) is 11.4 Å². The molecule has 2 aliphatic rings. The first kappa shape index (κ1) is 24.7. The summed E-state index contributed by atoms with van der Waals surface area (Å²) in [7, 11) is -2.30. The van der Waals surface area contributed by atoms with E-state index in [1.807, 2.05) is 24.8 Å². The zero-order valence-corrected chi connectivity index (χ0v) is 22.0. The van der Waals surface area contributed by atoms with Crippen molar-refractivity contribution in [3.63, 3.8) is 0 Å². The molecule has 0 N–H and O–H groups in total. The van der Waals surface area contributed by atoms with Crippen LogP contribution in [0.2, 0.25) is 0 Å². The molecule has 0 bridgehead atoms. The third kappa shape index (κ3) is 4.37. The highest BCUT2D eigenvalue weighted by Crippen LogP contribution is 2.36. The molecule has 0 aliphatic carbocycles. The number of hydrogen-bond donors (Lipinski definition) is 0. The van der Waals surface area contributed by atoms with E-state index in [9.17, 15) is 13.2 Å². The first-order valence-electron chi connectivity index (χ1n) is 12.7. The van der Waals surface area contributed by atoms with E-state index in [1.54, 1.807) is 22.7 Å². The van der Waals surface area contributed by atoms with Gasteiger partial charge in [-0.15, -0.1) is 0 Å². The second-order valence-corrected chi connectivity index (χ2v) is 11.6. The molecule has 4 heterocycles. The average molecular weight is 512 g/mol. The maximum atomic E-state index is 13.7. The Hall–Kier alpha value is -2.98. The predicted molar refractivity (Wildman–Crippen MR) is 137 cm³/mol. The summed E-state index contributed by atoms with van der Waals surface area (Å²) in [6.45, 7) is 6.18. The minimum absolute atomic E-state index is 0.101. The van der Waals surface area contributed by atoms with Crippen LogP contribution in [-0.4, -0.2) is 71.4 Å². The van der Waals surface area contributed by atoms with E-state index >= 15 is 0 Å². The lowest BCUT2D eigenvalue weighted by Crippen LogP contribution is -2.36. The first-order chi connectivity index (χ1) is 17.3. The molecule has 36 heavy (non-hydrogen) atoms. The number of aromatic nitrogens is 3. The number of fused-ring (bicyclic) bond motifs is 1. The Labute approximate surface area is 212 Å². The van der Waals surface area contributed by atoms with Gasteiger partial charge in [-0.1, -0.05) is 12.5 Å². The van der Waals surface area contributed by atoms with Crippen LogP contribution in [0.3, 0.4) is 0 Å². The molecule has 5 rings (SSSR count). The lowest BCUT2D eigenvalue weighted by atomic mass is 10.0. The fourth-order valence-electron chi connectivity index (χ4n) is 5.26. The molecule has 1 aromatic carbocycles. The van der Waals surface area contributed by atoms with Gasteiger partial charge >= 0.3 is 0 Å². The first-order valence-corrected chi connectivity index (χ1v) is 14.1. The quantitative estimate of drug-likeness (QED) is 0.517. The van der Waals surface area contributed by atoms with Crippen molar-refractivity contribution in [2.45, 2.75) is 57.3 Å². The third-order valence-corrected chi connectivity index (χ3v) is 9.05. The second-order valence-electron chi connectivity index (χ2n) is 9.68. The number of sulfonamides is 1. The zero-order chi connectivity index (χ0) is 25.4. The highest BCUT2D eigenvalue weighted by atomic mass is 32.2. The van der Waals surface area contributed by atoms with E-state index in [4.69, 9.17) is 14.8 Å². The van der Waals surface area contributed by atoms with Gasteiger partial charge in [0.25, 0.3) is 5.91 Å². The molecule has 0 radical (unpaired) electrons. The number of amides is 1. The topological polar surface area (TPSA) is 97.1 Å². The monoisotopic (exact) mass is 511 g/mol. The summed E-state index contributed by atoms with van der Waals surface area (Å²) in [5.41, 5.74) is 3.62. The Bertz CT molecular complexity index is 1400. The molecule has 2 saturated heterocycles. The number of ether oxygens (including phenoxy) is 1. The normalized spacial score (nSPS) is 17.5. The van der Waals surface area contributed by atoms with Gasteiger partial charge in [0.1, 0.15) is 10.6 Å². The van der Waals surface area contributed by atoms with E-state index in [0.29, 0.717) is 48.6 Å². The fourth-order valence-corrected chi connectivity index (χ4v) is 6.96. The van der Waals surface area contributed by atoms with Crippen molar-refractivity contribution in [3.05, 3.63) is 41.3 Å². The van der Waals surface area contributed by atoms with Crippen LogP contribution in [0.1, 0.15) is 60.4 Å². The third-order valence-electron chi connectivity index (χ3n) is 7.13. The molecular weight excluding hydrogens is 478 g/mol. The van der Waals surface area contributed by atoms with Gasteiger partial charge in [-0.3, -0.25) is 4.79 Å². The number of likely N-dealkylation sites (tertiary alicyclic amines) is 1. The van der Waals surface area contributed by atoms with Crippen LogP contribution in [-0.2, 0) is 10.0 Å². The smallest absolute Gasteiger partial charge is 0.275 e. The van der Waals surface area contributed by atoms with Crippen LogP contribution in [0.5, 0.6) is 5.75 Å². The minimum atomic E-state index is -3.78. The number of carbonyl (C=O) groups excluding carboxylic acids is 1. The van der Waals surface area contributed by atoms with E-state index in [-0.39, 0.29) is 16.6 Å². The van der Waals surface area contributed by atoms with E-state index in [0.717, 1.165) is 49.9 Å². The Kier molecular flexibility index (Phi) is 6.74. The van der Waals surface area contributed by atoms with Gasteiger partial charge < -0.3 is 9.64 Å². The lowest BCUT2D eigenvalue weighted by molar-refractivity contribution is 0.0718. The Balaban J connectivity index is 1.70. The molecule has 0 spiro atoms. The van der Waals surface area contributed by atoms with Crippen molar-refractivity contribution in [1.82, 2.24) is 23.8 Å². The number of piperidine rings is 2. The number of methoxy groups -OCH3 is 1. The molecule has 2 aliphatic heterocycles. The molecule has 1 amide bonds. The van der Waals surface area contributed by atoms with Crippen molar-refractivity contribution in [2.24, 2.45) is 0 Å². The summed E-state index contributed by atoms with van der Waals surface area (Å²) in [4.78, 5) is 20.3. The highest BCUT2D eigenvalue weighted by molar-refractivity contribution is 7.89. The standard InChI is InChI=1S/C26H33N5O4S/c1-18-16-19(2)31-25(27-18)23(24(28-31)26(32)29-12-6-4-7-13-29)20-10-11-21(35-3)22(17-20)36(33,34)30-14-8-5-9-15-30/h10-11,16-17H,4-9,12-15H2,1-3H3. The van der Waals surface area contributed by atoms with Gasteiger partial charge in [0, 0.05) is 37.6 Å². The van der Waals surface area contributed by atoms with E-state index < -0.39 is 10.0 Å². The summed E-state index contributed by atoms with van der Waals surface area (Å²) >= 11 is 0. The zero-order valence-electron chi connectivity index (χ0n) is 21.2. The Morgan fingerprint density at radius 3 is 2.28 bits per heavy atom. The summed E-state index contributed by atoms with van der Waals surface area (Å²) in [6.07, 6.45) is 5.74. The second kappa shape index (κ2) is 9.82. The van der Waals surface area contributed by atoms with Crippen LogP contribution in [0.25, 0.3) is 16.8 Å². The molecule has 3 aromatic rings. The van der Waals surface area contributed by atoms with Crippen molar-refractivity contribution in [1.29, 1.82) is 0 Å². The predicted octanol–water partition coefficient (Wildman–Crippen LogP) is 3.82.